The number of anilines is 1. The van der Waals surface area contributed by atoms with E-state index in [-0.39, 0.29) is 6.04 Å². The average molecular weight is 262 g/mol. The second-order valence-electron chi connectivity index (χ2n) is 4.43. The van der Waals surface area contributed by atoms with E-state index >= 15 is 0 Å². The lowest BCUT2D eigenvalue weighted by atomic mass is 10.1. The number of rotatable bonds is 4. The fourth-order valence-corrected chi connectivity index (χ4v) is 2.83. The molecule has 4 heteroatoms. The third-order valence-corrected chi connectivity index (χ3v) is 4.07. The molecular weight excluding hydrogens is 244 g/mol. The predicted molar refractivity (Wildman–Crippen MR) is 76.0 cm³/mol. The Labute approximate surface area is 112 Å². The first kappa shape index (κ1) is 13.1. The highest BCUT2D eigenvalue weighted by Crippen LogP contribution is 2.29. The molecule has 2 unspecified atom stereocenters. The minimum absolute atomic E-state index is 0.192. The van der Waals surface area contributed by atoms with E-state index in [0.29, 0.717) is 0 Å². The minimum atomic E-state index is -0.469. The molecule has 0 amide bonds. The molecule has 0 saturated carbocycles. The lowest BCUT2D eigenvalue weighted by Gasteiger charge is -2.18. The molecule has 18 heavy (non-hydrogen) atoms. The Morgan fingerprint density at radius 2 is 2.00 bits per heavy atom. The molecule has 0 radical (unpaired) electrons. The highest BCUT2D eigenvalue weighted by Gasteiger charge is 2.13. The zero-order chi connectivity index (χ0) is 13.1. The zero-order valence-corrected chi connectivity index (χ0v) is 11.7. The number of nitrogens with one attached hydrogen (secondary N) is 1. The van der Waals surface area contributed by atoms with Gasteiger partial charge in [-0.3, -0.25) is 0 Å². The van der Waals surface area contributed by atoms with Gasteiger partial charge in [-0.2, -0.15) is 0 Å². The molecule has 0 aliphatic carbocycles. The number of aromatic nitrogens is 1. The van der Waals surface area contributed by atoms with Crippen molar-refractivity contribution in [2.75, 3.05) is 5.32 Å². The topological polar surface area (TPSA) is 45.2 Å². The fourth-order valence-electron chi connectivity index (χ4n) is 2.02. The first-order valence-electron chi connectivity index (χ1n) is 6.03. The molecule has 2 N–H and O–H groups in total. The lowest BCUT2D eigenvalue weighted by molar-refractivity contribution is 0.200. The summed E-state index contributed by atoms with van der Waals surface area (Å²) in [7, 11) is 0. The van der Waals surface area contributed by atoms with Crippen LogP contribution >= 0.6 is 11.3 Å². The second kappa shape index (κ2) is 5.50. The van der Waals surface area contributed by atoms with Gasteiger partial charge in [0.15, 0.2) is 0 Å². The molecule has 1 aromatic heterocycles. The summed E-state index contributed by atoms with van der Waals surface area (Å²) in [6.07, 6.45) is -0.469. The number of nitrogens with zero attached hydrogens (tertiary/aromatic N) is 1. The van der Waals surface area contributed by atoms with E-state index < -0.39 is 6.10 Å². The van der Waals surface area contributed by atoms with Crippen molar-refractivity contribution in [1.29, 1.82) is 0 Å². The molecule has 1 aromatic carbocycles. The number of para-hydroxylation sites is 1. The second-order valence-corrected chi connectivity index (χ2v) is 5.32. The molecule has 96 valence electrons. The molecule has 2 rings (SSSR count). The van der Waals surface area contributed by atoms with E-state index in [1.165, 1.54) is 4.88 Å². The number of aliphatic hydroxyl groups is 1. The zero-order valence-electron chi connectivity index (χ0n) is 10.8. The van der Waals surface area contributed by atoms with Gasteiger partial charge in [-0.25, -0.2) is 4.98 Å². The van der Waals surface area contributed by atoms with Crippen molar-refractivity contribution in [3.05, 3.63) is 45.9 Å². The van der Waals surface area contributed by atoms with Crippen LogP contribution in [0.5, 0.6) is 0 Å². The van der Waals surface area contributed by atoms with Gasteiger partial charge in [0, 0.05) is 16.1 Å². The van der Waals surface area contributed by atoms with Gasteiger partial charge < -0.3 is 10.4 Å². The van der Waals surface area contributed by atoms with Gasteiger partial charge in [-0.1, -0.05) is 18.2 Å². The van der Waals surface area contributed by atoms with Crippen LogP contribution in [0.1, 0.15) is 42.1 Å². The Kier molecular flexibility index (Phi) is 3.99. The first-order valence-corrected chi connectivity index (χ1v) is 6.91. The van der Waals surface area contributed by atoms with Gasteiger partial charge in [0.1, 0.15) is 0 Å². The normalized spacial score (nSPS) is 14.2. The van der Waals surface area contributed by atoms with E-state index in [1.54, 1.807) is 18.3 Å². The Balaban J connectivity index is 2.22. The smallest absolute Gasteiger partial charge is 0.0798 e. The van der Waals surface area contributed by atoms with Gasteiger partial charge in [-0.05, 0) is 26.8 Å². The molecule has 0 aliphatic rings. The SMILES string of the molecule is Cc1ncsc1C(C)Nc1ccccc1C(C)O. The van der Waals surface area contributed by atoms with Crippen molar-refractivity contribution in [3.8, 4) is 0 Å². The molecule has 0 aliphatic heterocycles. The van der Waals surface area contributed by atoms with Gasteiger partial charge in [0.25, 0.3) is 0 Å². The van der Waals surface area contributed by atoms with Crippen LogP contribution in [0, 0.1) is 6.92 Å². The molecule has 2 atom stereocenters. The standard InChI is InChI=1S/C14H18N2OS/c1-9-14(18-8-15-9)10(2)16-13-7-5-4-6-12(13)11(3)17/h4-8,10-11,16-17H,1-3H3. The molecule has 0 saturated heterocycles. The summed E-state index contributed by atoms with van der Waals surface area (Å²) in [6, 6.07) is 8.04. The van der Waals surface area contributed by atoms with Crippen LogP contribution < -0.4 is 5.32 Å². The van der Waals surface area contributed by atoms with Crippen LogP contribution in [-0.4, -0.2) is 10.1 Å². The quantitative estimate of drug-likeness (QED) is 0.883. The highest BCUT2D eigenvalue weighted by molar-refractivity contribution is 7.09. The maximum Gasteiger partial charge on any atom is 0.0798 e. The maximum atomic E-state index is 9.75. The van der Waals surface area contributed by atoms with Crippen molar-refractivity contribution in [1.82, 2.24) is 4.98 Å². The molecule has 1 heterocycles. The summed E-state index contributed by atoms with van der Waals surface area (Å²) in [6.45, 7) is 5.91. The van der Waals surface area contributed by atoms with E-state index in [4.69, 9.17) is 0 Å². The molecule has 3 nitrogen and oxygen atoms in total. The van der Waals surface area contributed by atoms with E-state index in [1.807, 2.05) is 36.7 Å². The summed E-state index contributed by atoms with van der Waals surface area (Å²) < 4.78 is 0. The van der Waals surface area contributed by atoms with Crippen molar-refractivity contribution in [2.24, 2.45) is 0 Å². The number of aryl methyl sites for hydroxylation is 1. The number of thiazole rings is 1. The molecule has 0 bridgehead atoms. The Morgan fingerprint density at radius 1 is 1.28 bits per heavy atom. The fraction of sp³-hybridized carbons (Fsp3) is 0.357. The van der Waals surface area contributed by atoms with Crippen LogP contribution in [-0.2, 0) is 0 Å². The molecule has 2 aromatic rings. The van der Waals surface area contributed by atoms with Gasteiger partial charge >= 0.3 is 0 Å². The van der Waals surface area contributed by atoms with Crippen LogP contribution in [0.4, 0.5) is 5.69 Å². The number of benzene rings is 1. The predicted octanol–water partition coefficient (Wildman–Crippen LogP) is 3.68. The number of hydrogen-bond donors (Lipinski definition) is 2. The Morgan fingerprint density at radius 3 is 2.61 bits per heavy atom. The lowest BCUT2D eigenvalue weighted by Crippen LogP contribution is -2.09. The Bertz CT molecular complexity index is 522. The summed E-state index contributed by atoms with van der Waals surface area (Å²) >= 11 is 1.66. The van der Waals surface area contributed by atoms with Gasteiger partial charge in [0.2, 0.25) is 0 Å². The highest BCUT2D eigenvalue weighted by atomic mass is 32.1. The third kappa shape index (κ3) is 2.71. The van der Waals surface area contributed by atoms with Crippen molar-refractivity contribution in [3.63, 3.8) is 0 Å². The van der Waals surface area contributed by atoms with E-state index in [9.17, 15) is 5.11 Å². The van der Waals surface area contributed by atoms with Crippen LogP contribution in [0.3, 0.4) is 0 Å². The largest absolute Gasteiger partial charge is 0.389 e. The van der Waals surface area contributed by atoms with Crippen LogP contribution in [0.25, 0.3) is 0 Å². The summed E-state index contributed by atoms with van der Waals surface area (Å²) in [5, 5.41) is 13.2. The van der Waals surface area contributed by atoms with Crippen molar-refractivity contribution in [2.45, 2.75) is 32.9 Å². The average Bonchev–Trinajstić information content (AvgIpc) is 2.76. The molecule has 0 fully saturated rings. The first-order chi connectivity index (χ1) is 8.59. The van der Waals surface area contributed by atoms with Crippen molar-refractivity contribution < 1.29 is 5.11 Å². The van der Waals surface area contributed by atoms with Crippen LogP contribution in [0.15, 0.2) is 29.8 Å². The number of hydrogen-bond acceptors (Lipinski definition) is 4. The van der Waals surface area contributed by atoms with E-state index in [2.05, 4.69) is 17.2 Å². The number of aliphatic hydroxyl groups excluding tert-OH is 1. The summed E-state index contributed by atoms with van der Waals surface area (Å²) in [4.78, 5) is 5.50. The van der Waals surface area contributed by atoms with E-state index in [0.717, 1.165) is 16.9 Å². The molecular formula is C14H18N2OS. The van der Waals surface area contributed by atoms with Crippen LogP contribution in [0.2, 0.25) is 0 Å². The Hall–Kier alpha value is -1.39. The van der Waals surface area contributed by atoms with Gasteiger partial charge in [-0.15, -0.1) is 11.3 Å². The third-order valence-electron chi connectivity index (χ3n) is 2.96. The maximum absolute atomic E-state index is 9.75. The minimum Gasteiger partial charge on any atom is -0.389 e. The van der Waals surface area contributed by atoms with Gasteiger partial charge in [0.05, 0.1) is 23.4 Å². The molecule has 0 spiro atoms. The summed E-state index contributed by atoms with van der Waals surface area (Å²) in [5.74, 6) is 0. The summed E-state index contributed by atoms with van der Waals surface area (Å²) in [5.41, 5.74) is 4.83. The monoisotopic (exact) mass is 262 g/mol. The van der Waals surface area contributed by atoms with Crippen molar-refractivity contribution >= 4 is 17.0 Å².